The maximum absolute atomic E-state index is 12.4. The Morgan fingerprint density at radius 1 is 1.32 bits per heavy atom. The number of carbonyl (C=O) groups is 1. The van der Waals surface area contributed by atoms with Crippen LogP contribution < -0.4 is 0 Å². The zero-order chi connectivity index (χ0) is 14.3. The molecule has 3 nitrogen and oxygen atoms in total. The summed E-state index contributed by atoms with van der Waals surface area (Å²) in [4.78, 5) is 14.4. The van der Waals surface area contributed by atoms with E-state index in [0.717, 1.165) is 51.6 Å². The Kier molecular flexibility index (Phi) is 6.84. The van der Waals surface area contributed by atoms with Crippen LogP contribution in [0.3, 0.4) is 0 Å². The molecule has 112 valence electrons. The van der Waals surface area contributed by atoms with Crippen LogP contribution in [0, 0.1) is 11.3 Å². The van der Waals surface area contributed by atoms with Crippen molar-refractivity contribution >= 4 is 5.91 Å². The minimum Gasteiger partial charge on any atom is -0.396 e. The average molecular weight is 269 g/mol. The third-order valence-electron chi connectivity index (χ3n) is 4.37. The first-order valence-electron chi connectivity index (χ1n) is 7.93. The molecule has 1 saturated heterocycles. The molecule has 0 spiro atoms. The lowest BCUT2D eigenvalue weighted by atomic mass is 9.82. The van der Waals surface area contributed by atoms with Gasteiger partial charge in [0.1, 0.15) is 0 Å². The molecule has 0 aromatic heterocycles. The van der Waals surface area contributed by atoms with Gasteiger partial charge in [-0.05, 0) is 18.8 Å². The smallest absolute Gasteiger partial charge is 0.222 e. The van der Waals surface area contributed by atoms with E-state index in [-0.39, 0.29) is 12.0 Å². The van der Waals surface area contributed by atoms with Crippen LogP contribution in [0.4, 0.5) is 0 Å². The molecule has 1 heterocycles. The van der Waals surface area contributed by atoms with Crippen LogP contribution >= 0.6 is 0 Å². The summed E-state index contributed by atoms with van der Waals surface area (Å²) < 4.78 is 0. The number of nitrogens with zero attached hydrogens (tertiary/aromatic N) is 1. The van der Waals surface area contributed by atoms with Gasteiger partial charge in [0.15, 0.2) is 0 Å². The number of hydrogen-bond acceptors (Lipinski definition) is 2. The first kappa shape index (κ1) is 16.5. The number of likely N-dealkylation sites (tertiary alicyclic amines) is 1. The molecule has 1 N–H and O–H groups in total. The highest BCUT2D eigenvalue weighted by molar-refractivity contribution is 5.76. The standard InChI is InChI=1S/C16H31NO2/c1-4-7-14(8-5-2)11-15(19)17-10-6-9-16(3,12-17)13-18/h14,18H,4-13H2,1-3H3. The fourth-order valence-electron chi connectivity index (χ4n) is 3.20. The van der Waals surface area contributed by atoms with Gasteiger partial charge in [0.2, 0.25) is 5.91 Å². The summed E-state index contributed by atoms with van der Waals surface area (Å²) in [5, 5.41) is 9.46. The summed E-state index contributed by atoms with van der Waals surface area (Å²) in [5.41, 5.74) is -0.0844. The molecular weight excluding hydrogens is 238 g/mol. The Labute approximate surface area is 118 Å². The normalized spacial score (nSPS) is 23.9. The molecule has 1 fully saturated rings. The molecule has 0 aromatic carbocycles. The van der Waals surface area contributed by atoms with Crippen LogP contribution in [0.2, 0.25) is 0 Å². The monoisotopic (exact) mass is 269 g/mol. The molecule has 19 heavy (non-hydrogen) atoms. The van der Waals surface area contributed by atoms with Crippen molar-refractivity contribution in [1.82, 2.24) is 4.90 Å². The van der Waals surface area contributed by atoms with Gasteiger partial charge in [-0.1, -0.05) is 46.5 Å². The third kappa shape index (κ3) is 5.13. The molecule has 3 heteroatoms. The van der Waals surface area contributed by atoms with E-state index >= 15 is 0 Å². The molecule has 0 bridgehead atoms. The van der Waals surface area contributed by atoms with Crippen molar-refractivity contribution in [2.45, 2.75) is 65.7 Å². The van der Waals surface area contributed by atoms with Crippen LogP contribution in [0.15, 0.2) is 0 Å². The number of aliphatic hydroxyl groups is 1. The summed E-state index contributed by atoms with van der Waals surface area (Å²) in [6, 6.07) is 0. The van der Waals surface area contributed by atoms with E-state index in [0.29, 0.717) is 18.2 Å². The number of carbonyl (C=O) groups excluding carboxylic acids is 1. The number of amides is 1. The summed E-state index contributed by atoms with van der Waals surface area (Å²) >= 11 is 0. The Hall–Kier alpha value is -0.570. The van der Waals surface area contributed by atoms with Crippen molar-refractivity contribution in [2.75, 3.05) is 19.7 Å². The molecule has 1 unspecified atom stereocenters. The van der Waals surface area contributed by atoms with Gasteiger partial charge in [-0.3, -0.25) is 4.79 Å². The Morgan fingerprint density at radius 3 is 2.47 bits per heavy atom. The van der Waals surface area contributed by atoms with Crippen LogP contribution in [0.25, 0.3) is 0 Å². The predicted molar refractivity (Wildman–Crippen MR) is 78.9 cm³/mol. The average Bonchev–Trinajstić information content (AvgIpc) is 2.39. The summed E-state index contributed by atoms with van der Waals surface area (Å²) in [5.74, 6) is 0.844. The first-order chi connectivity index (χ1) is 9.04. The van der Waals surface area contributed by atoms with Gasteiger partial charge in [-0.25, -0.2) is 0 Å². The number of hydrogen-bond donors (Lipinski definition) is 1. The number of aliphatic hydroxyl groups excluding tert-OH is 1. The maximum Gasteiger partial charge on any atom is 0.222 e. The van der Waals surface area contributed by atoms with Gasteiger partial charge >= 0.3 is 0 Å². The fraction of sp³-hybridized carbons (Fsp3) is 0.938. The SMILES string of the molecule is CCCC(CCC)CC(=O)N1CCCC(C)(CO)C1. The highest BCUT2D eigenvalue weighted by Crippen LogP contribution is 2.30. The second-order valence-corrected chi connectivity index (χ2v) is 6.54. The van der Waals surface area contributed by atoms with E-state index < -0.39 is 0 Å². The molecule has 0 aromatic rings. The van der Waals surface area contributed by atoms with Crippen LogP contribution in [0.1, 0.15) is 65.7 Å². The van der Waals surface area contributed by atoms with Crippen LogP contribution in [-0.4, -0.2) is 35.6 Å². The second kappa shape index (κ2) is 7.88. The zero-order valence-corrected chi connectivity index (χ0v) is 13.0. The molecule has 0 saturated carbocycles. The van der Waals surface area contributed by atoms with E-state index in [1.807, 2.05) is 4.90 Å². The quantitative estimate of drug-likeness (QED) is 0.771. The van der Waals surface area contributed by atoms with Crippen molar-refractivity contribution in [3.05, 3.63) is 0 Å². The molecule has 1 amide bonds. The largest absolute Gasteiger partial charge is 0.396 e. The number of piperidine rings is 1. The van der Waals surface area contributed by atoms with Gasteiger partial charge in [-0.2, -0.15) is 0 Å². The third-order valence-corrected chi connectivity index (χ3v) is 4.37. The number of rotatable bonds is 7. The van der Waals surface area contributed by atoms with Crippen molar-refractivity contribution in [3.63, 3.8) is 0 Å². The van der Waals surface area contributed by atoms with E-state index in [2.05, 4.69) is 20.8 Å². The van der Waals surface area contributed by atoms with E-state index in [9.17, 15) is 9.90 Å². The van der Waals surface area contributed by atoms with Gasteiger partial charge in [0.05, 0.1) is 6.61 Å². The van der Waals surface area contributed by atoms with Crippen molar-refractivity contribution in [1.29, 1.82) is 0 Å². The molecule has 1 atom stereocenters. The van der Waals surface area contributed by atoms with E-state index in [1.54, 1.807) is 0 Å². The second-order valence-electron chi connectivity index (χ2n) is 6.54. The van der Waals surface area contributed by atoms with Crippen molar-refractivity contribution < 1.29 is 9.90 Å². The lowest BCUT2D eigenvalue weighted by Crippen LogP contribution is -2.46. The van der Waals surface area contributed by atoms with Gasteiger partial charge in [0, 0.05) is 24.9 Å². The highest BCUT2D eigenvalue weighted by Gasteiger charge is 2.32. The fourth-order valence-corrected chi connectivity index (χ4v) is 3.20. The highest BCUT2D eigenvalue weighted by atomic mass is 16.3. The van der Waals surface area contributed by atoms with Gasteiger partial charge in [0.25, 0.3) is 0 Å². The zero-order valence-electron chi connectivity index (χ0n) is 13.0. The molecule has 1 aliphatic rings. The molecule has 0 radical (unpaired) electrons. The maximum atomic E-state index is 12.4. The Bertz CT molecular complexity index is 274. The molecule has 0 aliphatic carbocycles. The minimum absolute atomic E-state index is 0.0844. The van der Waals surface area contributed by atoms with Gasteiger partial charge in [-0.15, -0.1) is 0 Å². The summed E-state index contributed by atoms with van der Waals surface area (Å²) in [7, 11) is 0. The lowest BCUT2D eigenvalue weighted by Gasteiger charge is -2.39. The molecule has 1 rings (SSSR count). The molecular formula is C16H31NO2. The lowest BCUT2D eigenvalue weighted by molar-refractivity contribution is -0.136. The molecule has 1 aliphatic heterocycles. The van der Waals surface area contributed by atoms with Crippen LogP contribution in [0.5, 0.6) is 0 Å². The Morgan fingerprint density at radius 2 is 1.95 bits per heavy atom. The van der Waals surface area contributed by atoms with Crippen molar-refractivity contribution in [3.8, 4) is 0 Å². The summed E-state index contributed by atoms with van der Waals surface area (Å²) in [6.07, 6.45) is 7.38. The van der Waals surface area contributed by atoms with Crippen molar-refractivity contribution in [2.24, 2.45) is 11.3 Å². The first-order valence-corrected chi connectivity index (χ1v) is 7.93. The van der Waals surface area contributed by atoms with Gasteiger partial charge < -0.3 is 10.0 Å². The topological polar surface area (TPSA) is 40.5 Å². The Balaban J connectivity index is 2.51. The van der Waals surface area contributed by atoms with E-state index in [4.69, 9.17) is 0 Å². The summed E-state index contributed by atoms with van der Waals surface area (Å²) in [6.45, 7) is 8.26. The van der Waals surface area contributed by atoms with E-state index in [1.165, 1.54) is 0 Å². The van der Waals surface area contributed by atoms with Crippen LogP contribution in [-0.2, 0) is 4.79 Å². The minimum atomic E-state index is -0.0844. The predicted octanol–water partition coefficient (Wildman–Crippen LogP) is 3.21.